The van der Waals surface area contributed by atoms with Gasteiger partial charge in [0.05, 0.1) is 32.6 Å². The molecule has 1 aliphatic carbocycles. The van der Waals surface area contributed by atoms with Crippen molar-refractivity contribution in [1.82, 2.24) is 26.6 Å². The van der Waals surface area contributed by atoms with E-state index in [2.05, 4.69) is 31.3 Å². The number of aromatic carboxylic acids is 1. The molecule has 0 bridgehead atoms. The minimum absolute atomic E-state index is 0.0269. The van der Waals surface area contributed by atoms with Crippen molar-refractivity contribution in [2.24, 2.45) is 11.8 Å². The van der Waals surface area contributed by atoms with Crippen LogP contribution in [-0.2, 0) is 43.0 Å². The predicted molar refractivity (Wildman–Crippen MR) is 232 cm³/mol. The molecule has 2 aromatic carbocycles. The molecular weight excluding hydrogens is 870 g/mol. The van der Waals surface area contributed by atoms with Gasteiger partial charge in [-0.05, 0) is 66.8 Å². The van der Waals surface area contributed by atoms with Crippen molar-refractivity contribution < 1.29 is 71.6 Å². The van der Waals surface area contributed by atoms with E-state index < -0.39 is 120 Å². The lowest BCUT2D eigenvalue weighted by Crippen LogP contribution is -2.60. The second kappa shape index (κ2) is 22.3. The number of hydrogen-bond acceptors (Lipinski definition) is 14. The zero-order chi connectivity index (χ0) is 49.2. The highest BCUT2D eigenvalue weighted by atomic mass is 19.1. The zero-order valence-electron chi connectivity index (χ0n) is 36.9. The molecule has 1 heterocycles. The van der Waals surface area contributed by atoms with Gasteiger partial charge in [-0.3, -0.25) is 43.2 Å². The number of carboxylic acids is 1. The third kappa shape index (κ3) is 12.5. The van der Waals surface area contributed by atoms with E-state index in [0.717, 1.165) is 14.2 Å². The van der Waals surface area contributed by atoms with Gasteiger partial charge in [-0.15, -0.1) is 0 Å². The van der Waals surface area contributed by atoms with Crippen LogP contribution in [0.4, 0.5) is 4.39 Å². The van der Waals surface area contributed by atoms with Crippen molar-refractivity contribution >= 4 is 64.2 Å². The van der Waals surface area contributed by atoms with Gasteiger partial charge < -0.3 is 50.7 Å². The van der Waals surface area contributed by atoms with Gasteiger partial charge in [0.15, 0.2) is 11.2 Å². The molecule has 5 amide bonds. The van der Waals surface area contributed by atoms with E-state index in [1.165, 1.54) is 61.5 Å². The molecule has 0 unspecified atom stereocenters. The summed E-state index contributed by atoms with van der Waals surface area (Å²) in [5.74, 6) is -10.5. The molecule has 0 spiro atoms. The molecule has 21 heteroatoms. The number of Topliss-reactive ketones (excluding diaryl/α,β-unsaturated/α-hetero) is 1. The summed E-state index contributed by atoms with van der Waals surface area (Å²) in [4.78, 5) is 129. The number of hydrogen-bond donors (Lipinski definition) is 7. The van der Waals surface area contributed by atoms with Gasteiger partial charge >= 0.3 is 17.9 Å². The smallest absolute Gasteiger partial charge is 0.336 e. The Morgan fingerprint density at radius 2 is 1.26 bits per heavy atom. The van der Waals surface area contributed by atoms with Crippen LogP contribution < -0.4 is 32.0 Å². The first-order valence-electron chi connectivity index (χ1n) is 20.4. The number of alkyl halides is 1. The fraction of sp³-hybridized carbons (Fsp3) is 0.378. The topological polar surface area (TPSA) is 303 Å². The zero-order valence-corrected chi connectivity index (χ0v) is 36.9. The molecular formula is C45H50FN5O15. The number of halogens is 1. The van der Waals surface area contributed by atoms with Gasteiger partial charge in [-0.25, -0.2) is 9.18 Å². The Bertz CT molecular complexity index is 2570. The van der Waals surface area contributed by atoms with Crippen molar-refractivity contribution in [2.45, 2.75) is 77.7 Å². The van der Waals surface area contributed by atoms with Crippen molar-refractivity contribution in [1.29, 1.82) is 0 Å². The summed E-state index contributed by atoms with van der Waals surface area (Å²) in [7, 11) is 2.07. The molecule has 5 atom stereocenters. The molecule has 2 aromatic rings. The molecule has 0 aromatic heterocycles. The highest BCUT2D eigenvalue weighted by Gasteiger charge is 2.35. The van der Waals surface area contributed by atoms with Gasteiger partial charge in [0.25, 0.3) is 5.91 Å². The van der Waals surface area contributed by atoms with Gasteiger partial charge in [0, 0.05) is 34.2 Å². The number of ether oxygens (including phenoxy) is 2. The summed E-state index contributed by atoms with van der Waals surface area (Å²) >= 11 is 0. The lowest BCUT2D eigenvalue weighted by Gasteiger charge is -2.28. The van der Waals surface area contributed by atoms with Crippen LogP contribution in [0.15, 0.2) is 63.8 Å². The fourth-order valence-corrected chi connectivity index (χ4v) is 6.75. The summed E-state index contributed by atoms with van der Waals surface area (Å²) in [6.07, 6.45) is -1.41. The number of carbonyl (C=O) groups excluding carboxylic acids is 8. The first kappa shape index (κ1) is 50.9. The van der Waals surface area contributed by atoms with Crippen molar-refractivity contribution in [3.05, 3.63) is 75.9 Å². The van der Waals surface area contributed by atoms with Gasteiger partial charge in [0.2, 0.25) is 23.6 Å². The van der Waals surface area contributed by atoms with Gasteiger partial charge in [-0.2, -0.15) is 0 Å². The number of phenolic OH excluding ortho intramolecular Hbond substituents is 1. The molecule has 0 saturated heterocycles. The van der Waals surface area contributed by atoms with Crippen LogP contribution in [0.3, 0.4) is 0 Å². The summed E-state index contributed by atoms with van der Waals surface area (Å²) in [5.41, 5.74) is -0.0625. The second-order valence-electron chi connectivity index (χ2n) is 15.8. The number of methoxy groups -OCH3 is 2. The second-order valence-corrected chi connectivity index (χ2v) is 15.8. The van der Waals surface area contributed by atoms with Crippen LogP contribution in [0, 0.1) is 11.8 Å². The van der Waals surface area contributed by atoms with Crippen LogP contribution in [0.5, 0.6) is 5.75 Å². The Balaban J connectivity index is 1.59. The SMILES string of the molecule is COC(=O)C[C@H](NC(=O)[C@@H](NC(=O)c1ccc(C(=O)O)c(-c2c3ccc(=O)cc-3oc3cc(O)ccc23)c1)C(C)C)C(=O)N[C@H](C(=O)N[C@@H](C)C(=O)N[C@H](CC(=O)OC)C(=O)CF)C(C)C. The average Bonchev–Trinajstić information content (AvgIpc) is 3.27. The van der Waals surface area contributed by atoms with Crippen LogP contribution in [0.25, 0.3) is 33.4 Å². The number of ketones is 1. The van der Waals surface area contributed by atoms with Crippen LogP contribution in [-0.4, -0.2) is 115 Å². The number of benzene rings is 3. The van der Waals surface area contributed by atoms with E-state index in [-0.39, 0.29) is 39.3 Å². The predicted octanol–water partition coefficient (Wildman–Crippen LogP) is 2.00. The maximum atomic E-state index is 14.0. The first-order chi connectivity index (χ1) is 31.1. The van der Waals surface area contributed by atoms with E-state index in [0.29, 0.717) is 10.9 Å². The monoisotopic (exact) mass is 919 g/mol. The quantitative estimate of drug-likeness (QED) is 0.0493. The van der Waals surface area contributed by atoms with E-state index in [1.54, 1.807) is 27.7 Å². The Kier molecular flexibility index (Phi) is 17.2. The number of phenols is 1. The molecule has 7 N–H and O–H groups in total. The average molecular weight is 920 g/mol. The Labute approximate surface area is 376 Å². The summed E-state index contributed by atoms with van der Waals surface area (Å²) in [6.45, 7) is 5.96. The summed E-state index contributed by atoms with van der Waals surface area (Å²) < 4.78 is 28.3. The number of rotatable bonds is 20. The van der Waals surface area contributed by atoms with Crippen LogP contribution in [0.2, 0.25) is 0 Å². The standard InChI is InChI=1S/C45H50FN5O15/c1-20(2)38(43(60)47-22(5)40(57)48-30(32(54)19-46)17-35(55)64-6)51-42(59)31(18-36(56)65-7)49-44(61)39(21(3)4)50-41(58)23-8-11-26(45(62)63)29(14-23)37-27-12-9-24(52)15-33(27)66-34-16-25(53)10-13-28(34)37/h8-16,20-22,30-31,38-39,52H,17-19H2,1-7H3,(H,47,60)(H,48,57)(H,49,61)(H,50,58)(H,51,59)(H,62,63)/t22-,30+,31-,38-,39-/m0/s1. The Hall–Kier alpha value is -7.71. The van der Waals surface area contributed by atoms with Crippen LogP contribution >= 0.6 is 0 Å². The number of nitrogens with one attached hydrogen (secondary N) is 5. The number of carbonyl (C=O) groups is 9. The lowest BCUT2D eigenvalue weighted by atomic mass is 9.89. The number of amides is 5. The number of carboxylic acid groups (broad SMARTS) is 1. The van der Waals surface area contributed by atoms with Crippen molar-refractivity contribution in [3.63, 3.8) is 0 Å². The maximum Gasteiger partial charge on any atom is 0.336 e. The third-order valence-electron chi connectivity index (χ3n) is 10.4. The van der Waals surface area contributed by atoms with Gasteiger partial charge in [-0.1, -0.05) is 27.7 Å². The summed E-state index contributed by atoms with van der Waals surface area (Å²) in [5, 5.41) is 32.8. The number of fused-ring (bicyclic) bond motifs is 2. The van der Waals surface area contributed by atoms with E-state index in [1.807, 2.05) is 0 Å². The molecule has 4 rings (SSSR count). The van der Waals surface area contributed by atoms with Crippen LogP contribution in [0.1, 0.15) is 68.2 Å². The van der Waals surface area contributed by atoms with Crippen molar-refractivity contribution in [3.8, 4) is 28.2 Å². The van der Waals surface area contributed by atoms with Crippen molar-refractivity contribution in [2.75, 3.05) is 20.9 Å². The van der Waals surface area contributed by atoms with E-state index >= 15 is 0 Å². The number of esters is 2. The molecule has 66 heavy (non-hydrogen) atoms. The Morgan fingerprint density at radius 3 is 1.85 bits per heavy atom. The minimum atomic E-state index is -1.69. The van der Waals surface area contributed by atoms with E-state index in [4.69, 9.17) is 9.15 Å². The molecule has 1 aliphatic heterocycles. The number of aromatic hydroxyl groups is 1. The minimum Gasteiger partial charge on any atom is -0.508 e. The lowest BCUT2D eigenvalue weighted by molar-refractivity contribution is -0.144. The molecule has 0 fully saturated rings. The normalized spacial score (nSPS) is 13.4. The highest BCUT2D eigenvalue weighted by molar-refractivity contribution is 6.10. The Morgan fingerprint density at radius 1 is 0.667 bits per heavy atom. The third-order valence-corrected chi connectivity index (χ3v) is 10.4. The van der Waals surface area contributed by atoms with E-state index in [9.17, 15) is 62.5 Å². The molecule has 2 aliphatic rings. The highest BCUT2D eigenvalue weighted by Crippen LogP contribution is 2.42. The maximum absolute atomic E-state index is 14.0. The summed E-state index contributed by atoms with van der Waals surface area (Å²) in [6, 6.07) is 4.21. The fourth-order valence-electron chi connectivity index (χ4n) is 6.75. The molecule has 20 nitrogen and oxygen atoms in total. The first-order valence-corrected chi connectivity index (χ1v) is 20.4. The van der Waals surface area contributed by atoms with Gasteiger partial charge in [0.1, 0.15) is 54.0 Å². The molecule has 352 valence electrons. The largest absolute Gasteiger partial charge is 0.508 e. The molecule has 0 saturated carbocycles. The molecule has 0 radical (unpaired) electrons.